The molecule has 146 valence electrons. The SMILES string of the molecule is CC(C)(C)c1cc2c(cc1F)c1cc(F)c(C(C)(C)C)cc1[te+]2C(F)(F)F. The molecule has 1 aromatic heterocycles. The molecule has 0 unspecified atom stereocenters. The van der Waals surface area contributed by atoms with Crippen molar-refractivity contribution in [3.63, 3.8) is 0 Å². The van der Waals surface area contributed by atoms with Gasteiger partial charge >= 0.3 is 162 Å². The summed E-state index contributed by atoms with van der Waals surface area (Å²) in [6, 6.07) is 5.09. The summed E-state index contributed by atoms with van der Waals surface area (Å²) in [7, 11) is 0. The molecule has 0 saturated heterocycles. The molecular weight excluding hydrogens is 475 g/mol. The predicted octanol–water partition coefficient (Wildman–Crippen LogP) is 7.09. The molecule has 3 aromatic rings. The number of rotatable bonds is 0. The molecule has 3 rings (SSSR count). The van der Waals surface area contributed by atoms with Crippen LogP contribution in [0.15, 0.2) is 24.3 Å². The Labute approximate surface area is 162 Å². The standard InChI is InChI=1S/C21H22F5Te/c1-19(2,3)13-9-17-11(7-15(13)22)12-8-16(23)14(20(4,5)6)10-18(12)27(17)21(24,25)26/h7-10H,1-6H3/q+1. The van der Waals surface area contributed by atoms with Crippen molar-refractivity contribution in [1.82, 2.24) is 0 Å². The molecule has 0 atom stereocenters. The third-order valence-electron chi connectivity index (χ3n) is 4.72. The van der Waals surface area contributed by atoms with Gasteiger partial charge in [0.05, 0.1) is 0 Å². The van der Waals surface area contributed by atoms with Crippen LogP contribution in [-0.2, 0) is 15.1 Å². The summed E-state index contributed by atoms with van der Waals surface area (Å²) in [6.07, 6.45) is 0. The van der Waals surface area contributed by atoms with E-state index < -0.39 is 45.7 Å². The van der Waals surface area contributed by atoms with Gasteiger partial charge in [-0.2, -0.15) is 0 Å². The van der Waals surface area contributed by atoms with Gasteiger partial charge in [0, 0.05) is 0 Å². The van der Waals surface area contributed by atoms with E-state index in [1.54, 1.807) is 41.5 Å². The maximum atomic E-state index is 14.7. The van der Waals surface area contributed by atoms with Gasteiger partial charge in [-0.25, -0.2) is 0 Å². The summed E-state index contributed by atoms with van der Waals surface area (Å²) in [6.45, 7) is 10.6. The Morgan fingerprint density at radius 2 is 0.963 bits per heavy atom. The molecule has 27 heavy (non-hydrogen) atoms. The zero-order chi connectivity index (χ0) is 20.5. The first kappa shape index (κ1) is 20.6. The van der Waals surface area contributed by atoms with Gasteiger partial charge in [-0.15, -0.1) is 0 Å². The van der Waals surface area contributed by atoms with Gasteiger partial charge in [0.2, 0.25) is 0 Å². The number of benzene rings is 2. The topological polar surface area (TPSA) is 0 Å². The fraction of sp³-hybridized carbons (Fsp3) is 0.429. The minimum atomic E-state index is -4.39. The molecule has 0 spiro atoms. The summed E-state index contributed by atoms with van der Waals surface area (Å²) >= 11 is -4.03. The van der Waals surface area contributed by atoms with Crippen LogP contribution in [0.4, 0.5) is 22.0 Å². The normalized spacial score (nSPS) is 13.7. The average molecular weight is 497 g/mol. The molecule has 0 aliphatic rings. The molecule has 0 N–H and O–H groups in total. The number of hydrogen-bond acceptors (Lipinski definition) is 0. The molecule has 0 fully saturated rings. The average Bonchev–Trinajstić information content (AvgIpc) is 2.76. The van der Waals surface area contributed by atoms with Crippen LogP contribution in [0.2, 0.25) is 0 Å². The van der Waals surface area contributed by atoms with E-state index in [1.807, 2.05) is 0 Å². The first-order chi connectivity index (χ1) is 12.1. The fourth-order valence-corrected chi connectivity index (χ4v) is 9.05. The van der Waals surface area contributed by atoms with Gasteiger partial charge in [-0.05, 0) is 0 Å². The molecule has 0 aliphatic heterocycles. The van der Waals surface area contributed by atoms with E-state index in [0.717, 1.165) is 12.1 Å². The van der Waals surface area contributed by atoms with Crippen molar-refractivity contribution >= 4 is 36.6 Å². The molecule has 1 heterocycles. The molecule has 0 amide bonds. The van der Waals surface area contributed by atoms with Crippen LogP contribution in [0.5, 0.6) is 0 Å². The molecule has 0 radical (unpaired) electrons. The van der Waals surface area contributed by atoms with Crippen LogP contribution >= 0.6 is 0 Å². The second kappa shape index (κ2) is 6.19. The van der Waals surface area contributed by atoms with Crippen molar-refractivity contribution in [2.45, 2.75) is 56.6 Å². The molecule has 0 bridgehead atoms. The molecule has 0 aliphatic carbocycles. The second-order valence-electron chi connectivity index (χ2n) is 8.91. The first-order valence-electron chi connectivity index (χ1n) is 8.62. The Hall–Kier alpha value is -1.12. The van der Waals surface area contributed by atoms with E-state index in [9.17, 15) is 22.0 Å². The minimum absolute atomic E-state index is 0.165. The number of hydrogen-bond donors (Lipinski definition) is 0. The van der Waals surface area contributed by atoms with Crippen molar-refractivity contribution in [3.05, 3.63) is 47.0 Å². The summed E-state index contributed by atoms with van der Waals surface area (Å²) in [5, 5.41) is 0.396. The summed E-state index contributed by atoms with van der Waals surface area (Å²) in [5.74, 6) is -1.09. The molecule has 6 heteroatoms. The van der Waals surface area contributed by atoms with E-state index in [4.69, 9.17) is 0 Å². The van der Waals surface area contributed by atoms with Crippen LogP contribution in [0.25, 0.3) is 17.6 Å². The van der Waals surface area contributed by atoms with E-state index >= 15 is 0 Å². The van der Waals surface area contributed by atoms with Crippen molar-refractivity contribution < 1.29 is 22.0 Å². The van der Waals surface area contributed by atoms with Crippen LogP contribution in [0, 0.1) is 11.6 Å². The fourth-order valence-electron chi connectivity index (χ4n) is 3.38. The van der Waals surface area contributed by atoms with E-state index in [1.165, 1.54) is 12.1 Å². The third-order valence-corrected chi connectivity index (χ3v) is 10.5. The summed E-state index contributed by atoms with van der Waals surface area (Å²) in [4.78, 5) is 0. The monoisotopic (exact) mass is 499 g/mol. The van der Waals surface area contributed by atoms with Crippen molar-refractivity contribution in [2.24, 2.45) is 0 Å². The number of halogens is 5. The van der Waals surface area contributed by atoms with Crippen molar-refractivity contribution in [3.8, 4) is 0 Å². The number of alkyl halides is 3. The zero-order valence-corrected chi connectivity index (χ0v) is 18.4. The molecule has 0 saturated carbocycles. The van der Waals surface area contributed by atoms with Gasteiger partial charge in [0.1, 0.15) is 0 Å². The Morgan fingerprint density at radius 3 is 1.22 bits per heavy atom. The zero-order valence-electron chi connectivity index (χ0n) is 16.1. The molecule has 0 nitrogen and oxygen atoms in total. The Morgan fingerprint density at radius 1 is 0.630 bits per heavy atom. The van der Waals surface area contributed by atoms with Crippen LogP contribution in [-0.4, -0.2) is 19.1 Å². The van der Waals surface area contributed by atoms with Crippen molar-refractivity contribution in [2.75, 3.05) is 0 Å². The molecule has 2 aromatic carbocycles. The Balaban J connectivity index is 2.56. The van der Waals surface area contributed by atoms with E-state index in [0.29, 0.717) is 0 Å². The maximum absolute atomic E-state index is 14.7. The Kier molecular flexibility index (Phi) is 4.72. The molecular formula is C21H22F5Te+. The summed E-state index contributed by atoms with van der Waals surface area (Å²) < 4.78 is 67.5. The van der Waals surface area contributed by atoms with Crippen LogP contribution < -0.4 is 0 Å². The van der Waals surface area contributed by atoms with Crippen LogP contribution in [0.1, 0.15) is 52.7 Å². The van der Waals surface area contributed by atoms with Crippen molar-refractivity contribution in [1.29, 1.82) is 0 Å². The number of fused-ring (bicyclic) bond motifs is 3. The van der Waals surface area contributed by atoms with Gasteiger partial charge in [0.25, 0.3) is 0 Å². The summed E-state index contributed by atoms with van der Waals surface area (Å²) in [5.41, 5.74) is -0.710. The predicted molar refractivity (Wildman–Crippen MR) is 102 cm³/mol. The van der Waals surface area contributed by atoms with Gasteiger partial charge in [-0.1, -0.05) is 0 Å². The van der Waals surface area contributed by atoms with Gasteiger partial charge in [0.15, 0.2) is 0 Å². The van der Waals surface area contributed by atoms with Gasteiger partial charge < -0.3 is 0 Å². The van der Waals surface area contributed by atoms with Crippen LogP contribution in [0.3, 0.4) is 0 Å². The quantitative estimate of drug-likeness (QED) is 0.230. The van der Waals surface area contributed by atoms with E-state index in [-0.39, 0.29) is 28.7 Å². The van der Waals surface area contributed by atoms with Gasteiger partial charge in [-0.3, -0.25) is 0 Å². The first-order valence-corrected chi connectivity index (χ1v) is 12.1. The third kappa shape index (κ3) is 3.51. The Bertz CT molecular complexity index is 966. The van der Waals surface area contributed by atoms with E-state index in [2.05, 4.69) is 0 Å². The second-order valence-corrected chi connectivity index (χ2v) is 14.5.